The fourth-order valence-electron chi connectivity index (χ4n) is 1.47. The maximum Gasteiger partial charge on any atom is 0.119 e. The summed E-state index contributed by atoms with van der Waals surface area (Å²) in [6.07, 6.45) is 1.12. The first-order valence-corrected chi connectivity index (χ1v) is 7.52. The third-order valence-electron chi connectivity index (χ3n) is 2.41. The van der Waals surface area contributed by atoms with Gasteiger partial charge in [-0.25, -0.2) is 0 Å². The summed E-state index contributed by atoms with van der Waals surface area (Å²) in [5, 5.41) is 3.31. The molecule has 0 heterocycles. The van der Waals surface area contributed by atoms with E-state index in [-0.39, 0.29) is 0 Å². The van der Waals surface area contributed by atoms with E-state index in [1.807, 2.05) is 11.8 Å². The van der Waals surface area contributed by atoms with Crippen LogP contribution >= 0.6 is 11.8 Å². The number of benzene rings is 1. The fourth-order valence-corrected chi connectivity index (χ4v) is 2.08. The summed E-state index contributed by atoms with van der Waals surface area (Å²) in [7, 11) is 0. The highest BCUT2D eigenvalue weighted by Gasteiger charge is 1.95. The zero-order valence-corrected chi connectivity index (χ0v) is 11.7. The number of hydrogen-bond acceptors (Lipinski definition) is 3. The number of nitrogens with one attached hydrogen (secondary N) is 1. The Bertz CT molecular complexity index is 287. The summed E-state index contributed by atoms with van der Waals surface area (Å²) < 4.78 is 5.68. The van der Waals surface area contributed by atoms with Gasteiger partial charge < -0.3 is 10.1 Å². The number of rotatable bonds is 9. The number of thioether (sulfide) groups is 1. The molecular formula is C14H23NOS. The SMILES string of the molecule is CCNCc1ccc(OCCCSCC)cc1. The average Bonchev–Trinajstić information content (AvgIpc) is 2.37. The molecule has 0 aliphatic carbocycles. The van der Waals surface area contributed by atoms with E-state index in [0.29, 0.717) is 0 Å². The van der Waals surface area contributed by atoms with Crippen molar-refractivity contribution in [2.75, 3.05) is 24.7 Å². The summed E-state index contributed by atoms with van der Waals surface area (Å²) in [6, 6.07) is 8.36. The van der Waals surface area contributed by atoms with Crippen LogP contribution in [0.15, 0.2) is 24.3 Å². The first-order chi connectivity index (χ1) is 8.36. The van der Waals surface area contributed by atoms with E-state index >= 15 is 0 Å². The first kappa shape index (κ1) is 14.4. The molecule has 0 atom stereocenters. The van der Waals surface area contributed by atoms with Crippen LogP contribution in [0.2, 0.25) is 0 Å². The van der Waals surface area contributed by atoms with Crippen LogP contribution in [0.4, 0.5) is 0 Å². The van der Waals surface area contributed by atoms with E-state index in [2.05, 4.69) is 43.4 Å². The van der Waals surface area contributed by atoms with Crippen LogP contribution in [0.25, 0.3) is 0 Å². The van der Waals surface area contributed by atoms with Crippen LogP contribution in [0.3, 0.4) is 0 Å². The van der Waals surface area contributed by atoms with Crippen molar-refractivity contribution in [3.05, 3.63) is 29.8 Å². The molecule has 0 radical (unpaired) electrons. The Morgan fingerprint density at radius 2 is 1.94 bits per heavy atom. The summed E-state index contributed by atoms with van der Waals surface area (Å²) in [4.78, 5) is 0. The van der Waals surface area contributed by atoms with E-state index in [9.17, 15) is 0 Å². The molecule has 0 unspecified atom stereocenters. The molecule has 0 aromatic heterocycles. The van der Waals surface area contributed by atoms with Crippen LogP contribution < -0.4 is 10.1 Å². The fraction of sp³-hybridized carbons (Fsp3) is 0.571. The van der Waals surface area contributed by atoms with Crippen molar-refractivity contribution >= 4 is 11.8 Å². The highest BCUT2D eigenvalue weighted by Crippen LogP contribution is 2.12. The van der Waals surface area contributed by atoms with Crippen molar-refractivity contribution in [2.45, 2.75) is 26.8 Å². The van der Waals surface area contributed by atoms with Crippen molar-refractivity contribution < 1.29 is 4.74 Å². The van der Waals surface area contributed by atoms with E-state index in [0.717, 1.165) is 31.9 Å². The molecule has 1 N–H and O–H groups in total. The van der Waals surface area contributed by atoms with Gasteiger partial charge >= 0.3 is 0 Å². The molecule has 0 aliphatic heterocycles. The van der Waals surface area contributed by atoms with Crippen LogP contribution in [0.1, 0.15) is 25.8 Å². The molecule has 0 spiro atoms. The highest BCUT2D eigenvalue weighted by molar-refractivity contribution is 7.99. The highest BCUT2D eigenvalue weighted by atomic mass is 32.2. The van der Waals surface area contributed by atoms with Crippen molar-refractivity contribution in [1.82, 2.24) is 5.32 Å². The Labute approximate surface area is 109 Å². The molecule has 17 heavy (non-hydrogen) atoms. The molecule has 3 heteroatoms. The van der Waals surface area contributed by atoms with Gasteiger partial charge in [0.1, 0.15) is 5.75 Å². The third-order valence-corrected chi connectivity index (χ3v) is 3.39. The van der Waals surface area contributed by atoms with Crippen molar-refractivity contribution in [3.63, 3.8) is 0 Å². The van der Waals surface area contributed by atoms with E-state index in [1.54, 1.807) is 0 Å². The minimum atomic E-state index is 0.819. The predicted octanol–water partition coefficient (Wildman–Crippen LogP) is 3.32. The first-order valence-electron chi connectivity index (χ1n) is 6.37. The monoisotopic (exact) mass is 253 g/mol. The van der Waals surface area contributed by atoms with Gasteiger partial charge in [-0.15, -0.1) is 0 Å². The second kappa shape index (κ2) is 9.37. The van der Waals surface area contributed by atoms with Gasteiger partial charge in [0, 0.05) is 6.54 Å². The topological polar surface area (TPSA) is 21.3 Å². The molecular weight excluding hydrogens is 230 g/mol. The van der Waals surface area contributed by atoms with Gasteiger partial charge in [0.25, 0.3) is 0 Å². The Morgan fingerprint density at radius 1 is 1.18 bits per heavy atom. The minimum Gasteiger partial charge on any atom is -0.494 e. The third kappa shape index (κ3) is 6.59. The van der Waals surface area contributed by atoms with Crippen molar-refractivity contribution in [3.8, 4) is 5.75 Å². The van der Waals surface area contributed by atoms with Gasteiger partial charge in [-0.1, -0.05) is 26.0 Å². The van der Waals surface area contributed by atoms with Crippen LogP contribution in [-0.4, -0.2) is 24.7 Å². The standard InChI is InChI=1S/C14H23NOS/c1-3-15-12-13-6-8-14(9-7-13)16-10-5-11-17-4-2/h6-9,15H,3-5,10-12H2,1-2H3. The lowest BCUT2D eigenvalue weighted by Gasteiger charge is -2.07. The summed E-state index contributed by atoms with van der Waals surface area (Å²) in [5.41, 5.74) is 1.31. The van der Waals surface area contributed by atoms with Gasteiger partial charge in [0.15, 0.2) is 0 Å². The van der Waals surface area contributed by atoms with Crippen LogP contribution in [0.5, 0.6) is 5.75 Å². The molecule has 0 aliphatic rings. The lowest BCUT2D eigenvalue weighted by Crippen LogP contribution is -2.11. The quantitative estimate of drug-likeness (QED) is 0.682. The second-order valence-corrected chi connectivity index (χ2v) is 5.22. The van der Waals surface area contributed by atoms with Gasteiger partial charge in [0.2, 0.25) is 0 Å². The van der Waals surface area contributed by atoms with Gasteiger partial charge in [-0.3, -0.25) is 0 Å². The normalized spacial score (nSPS) is 10.5. The van der Waals surface area contributed by atoms with Gasteiger partial charge in [-0.05, 0) is 42.2 Å². The lowest BCUT2D eigenvalue weighted by molar-refractivity contribution is 0.318. The zero-order chi connectivity index (χ0) is 12.3. The zero-order valence-electron chi connectivity index (χ0n) is 10.9. The number of hydrogen-bond donors (Lipinski definition) is 1. The maximum absolute atomic E-state index is 5.68. The van der Waals surface area contributed by atoms with Crippen LogP contribution in [0, 0.1) is 0 Å². The lowest BCUT2D eigenvalue weighted by atomic mass is 10.2. The average molecular weight is 253 g/mol. The molecule has 1 aromatic rings. The molecule has 2 nitrogen and oxygen atoms in total. The van der Waals surface area contributed by atoms with E-state index in [4.69, 9.17) is 4.74 Å². The van der Waals surface area contributed by atoms with E-state index < -0.39 is 0 Å². The molecule has 0 amide bonds. The predicted molar refractivity (Wildman–Crippen MR) is 76.9 cm³/mol. The van der Waals surface area contributed by atoms with Crippen molar-refractivity contribution in [1.29, 1.82) is 0 Å². The Morgan fingerprint density at radius 3 is 2.59 bits per heavy atom. The molecule has 0 fully saturated rings. The largest absolute Gasteiger partial charge is 0.494 e. The van der Waals surface area contributed by atoms with Gasteiger partial charge in [0.05, 0.1) is 6.61 Å². The molecule has 0 saturated heterocycles. The molecule has 0 bridgehead atoms. The summed E-state index contributed by atoms with van der Waals surface area (Å²) in [5.74, 6) is 3.36. The van der Waals surface area contributed by atoms with Crippen molar-refractivity contribution in [2.24, 2.45) is 0 Å². The Hall–Kier alpha value is -0.670. The second-order valence-electron chi connectivity index (χ2n) is 3.82. The van der Waals surface area contributed by atoms with Gasteiger partial charge in [-0.2, -0.15) is 11.8 Å². The molecule has 1 aromatic carbocycles. The Kier molecular flexibility index (Phi) is 7.93. The summed E-state index contributed by atoms with van der Waals surface area (Å²) in [6.45, 7) is 7.07. The molecule has 1 rings (SSSR count). The number of ether oxygens (including phenoxy) is 1. The summed E-state index contributed by atoms with van der Waals surface area (Å²) >= 11 is 1.97. The Balaban J connectivity index is 2.20. The maximum atomic E-state index is 5.68. The molecule has 96 valence electrons. The minimum absolute atomic E-state index is 0.819. The van der Waals surface area contributed by atoms with Crippen LogP contribution in [-0.2, 0) is 6.54 Å². The molecule has 0 saturated carbocycles. The van der Waals surface area contributed by atoms with E-state index in [1.165, 1.54) is 17.1 Å². The smallest absolute Gasteiger partial charge is 0.119 e.